The second kappa shape index (κ2) is 7.26. The van der Waals surface area contributed by atoms with E-state index in [1.54, 1.807) is 17.6 Å². The third kappa shape index (κ3) is 3.37. The van der Waals surface area contributed by atoms with Crippen molar-refractivity contribution in [3.05, 3.63) is 53.4 Å². The Morgan fingerprint density at radius 1 is 1.33 bits per heavy atom. The smallest absolute Gasteiger partial charge is 0.117 e. The molecule has 27 heavy (non-hydrogen) atoms. The van der Waals surface area contributed by atoms with Gasteiger partial charge in [-0.05, 0) is 54.9 Å². The summed E-state index contributed by atoms with van der Waals surface area (Å²) in [6, 6.07) is 11.2. The van der Waals surface area contributed by atoms with Crippen molar-refractivity contribution in [2.75, 3.05) is 19.6 Å². The van der Waals surface area contributed by atoms with E-state index in [-0.39, 0.29) is 0 Å². The standard InChI is InChI=1S/C21H26N4OS/c1-24-20(11-19(23-24)21-5-3-9-27-21)18-14-25-7-6-15(18)10-16(25)12-22-13-17-4-2-8-26-17/h2-5,8-9,11,15-16,18,22H,6-7,10,12-14H2,1H3/t15-,16+,18+/m0/s1. The Labute approximate surface area is 164 Å². The van der Waals surface area contributed by atoms with E-state index >= 15 is 0 Å². The number of furan rings is 1. The van der Waals surface area contributed by atoms with Gasteiger partial charge in [-0.3, -0.25) is 9.58 Å². The van der Waals surface area contributed by atoms with Gasteiger partial charge in [-0.2, -0.15) is 5.10 Å². The SMILES string of the molecule is Cn1nc(-c2cccs2)cc1[C@@H]1CN2CC[C@H]1C[C@@H]2CNCc1ccco1. The molecule has 1 N–H and O–H groups in total. The molecule has 0 saturated carbocycles. The summed E-state index contributed by atoms with van der Waals surface area (Å²) in [7, 11) is 2.10. The first-order valence-corrected chi connectivity index (χ1v) is 10.7. The molecule has 0 radical (unpaired) electrons. The predicted octanol–water partition coefficient (Wildman–Crippen LogP) is 3.71. The summed E-state index contributed by atoms with van der Waals surface area (Å²) >= 11 is 1.77. The van der Waals surface area contributed by atoms with E-state index in [0.717, 1.165) is 37.0 Å². The van der Waals surface area contributed by atoms with Crippen LogP contribution in [0.15, 0.2) is 46.4 Å². The predicted molar refractivity (Wildman–Crippen MR) is 108 cm³/mol. The minimum Gasteiger partial charge on any atom is -0.468 e. The van der Waals surface area contributed by atoms with Gasteiger partial charge in [0.25, 0.3) is 0 Å². The average Bonchev–Trinajstić information content (AvgIpc) is 3.44. The maximum Gasteiger partial charge on any atom is 0.117 e. The van der Waals surface area contributed by atoms with Gasteiger partial charge < -0.3 is 9.73 Å². The first-order valence-electron chi connectivity index (χ1n) is 9.83. The summed E-state index contributed by atoms with van der Waals surface area (Å²) in [5.41, 5.74) is 2.52. The van der Waals surface area contributed by atoms with Crippen molar-refractivity contribution in [1.82, 2.24) is 20.0 Å². The molecule has 3 aliphatic heterocycles. The van der Waals surface area contributed by atoms with E-state index in [0.29, 0.717) is 12.0 Å². The van der Waals surface area contributed by atoms with Crippen LogP contribution in [-0.4, -0.2) is 40.4 Å². The van der Waals surface area contributed by atoms with Crippen LogP contribution in [0.3, 0.4) is 0 Å². The zero-order valence-electron chi connectivity index (χ0n) is 15.7. The second-order valence-electron chi connectivity index (χ2n) is 7.81. The maximum atomic E-state index is 5.42. The van der Waals surface area contributed by atoms with Gasteiger partial charge in [0, 0.05) is 37.8 Å². The molecule has 142 valence electrons. The Hall–Kier alpha value is -1.89. The molecule has 0 aliphatic carbocycles. The van der Waals surface area contributed by atoms with Crippen molar-refractivity contribution in [3.63, 3.8) is 0 Å². The fraction of sp³-hybridized carbons (Fsp3) is 0.476. The first-order chi connectivity index (χ1) is 13.3. The van der Waals surface area contributed by atoms with Crippen LogP contribution >= 0.6 is 11.3 Å². The van der Waals surface area contributed by atoms with Crippen LogP contribution in [0.25, 0.3) is 10.6 Å². The van der Waals surface area contributed by atoms with Crippen molar-refractivity contribution in [2.24, 2.45) is 13.0 Å². The van der Waals surface area contributed by atoms with Crippen LogP contribution in [0.2, 0.25) is 0 Å². The van der Waals surface area contributed by atoms with E-state index in [2.05, 4.69) is 45.5 Å². The number of nitrogens with one attached hydrogen (secondary N) is 1. The van der Waals surface area contributed by atoms with Crippen molar-refractivity contribution >= 4 is 11.3 Å². The molecule has 1 unspecified atom stereocenters. The van der Waals surface area contributed by atoms with E-state index in [1.807, 2.05) is 12.1 Å². The molecule has 6 heteroatoms. The lowest BCUT2D eigenvalue weighted by Gasteiger charge is -2.50. The molecule has 3 saturated heterocycles. The van der Waals surface area contributed by atoms with E-state index in [4.69, 9.17) is 9.52 Å². The van der Waals surface area contributed by atoms with Gasteiger partial charge in [-0.15, -0.1) is 11.3 Å². The molecule has 0 spiro atoms. The van der Waals surface area contributed by atoms with Gasteiger partial charge in [-0.1, -0.05) is 6.07 Å². The number of fused-ring (bicyclic) bond motifs is 3. The molecule has 6 heterocycles. The number of piperidine rings is 3. The van der Waals surface area contributed by atoms with Crippen LogP contribution in [0.5, 0.6) is 0 Å². The number of thiophene rings is 1. The third-order valence-corrected chi connectivity index (χ3v) is 7.10. The third-order valence-electron chi connectivity index (χ3n) is 6.21. The lowest BCUT2D eigenvalue weighted by Crippen LogP contribution is -2.55. The monoisotopic (exact) mass is 382 g/mol. The van der Waals surface area contributed by atoms with Crippen molar-refractivity contribution < 1.29 is 4.42 Å². The Morgan fingerprint density at radius 3 is 3.04 bits per heavy atom. The molecule has 6 rings (SSSR count). The van der Waals surface area contributed by atoms with Gasteiger partial charge >= 0.3 is 0 Å². The molecule has 3 fully saturated rings. The molecule has 3 aromatic heterocycles. The largest absolute Gasteiger partial charge is 0.468 e. The minimum absolute atomic E-state index is 0.603. The highest BCUT2D eigenvalue weighted by molar-refractivity contribution is 7.13. The zero-order valence-corrected chi connectivity index (χ0v) is 16.5. The van der Waals surface area contributed by atoms with Gasteiger partial charge in [0.2, 0.25) is 0 Å². The molecule has 3 aromatic rings. The number of aryl methyl sites for hydroxylation is 1. The fourth-order valence-corrected chi connectivity index (χ4v) is 5.52. The van der Waals surface area contributed by atoms with Crippen LogP contribution in [-0.2, 0) is 13.6 Å². The molecule has 3 aliphatic rings. The Bertz CT molecular complexity index is 870. The molecule has 2 bridgehead atoms. The molecule has 0 aromatic carbocycles. The number of hydrogen-bond acceptors (Lipinski definition) is 5. The van der Waals surface area contributed by atoms with E-state index in [1.165, 1.54) is 30.0 Å². The topological polar surface area (TPSA) is 46.2 Å². The average molecular weight is 383 g/mol. The Balaban J connectivity index is 1.25. The number of rotatable bonds is 6. The van der Waals surface area contributed by atoms with Crippen LogP contribution < -0.4 is 5.32 Å². The van der Waals surface area contributed by atoms with Crippen LogP contribution in [0.4, 0.5) is 0 Å². The summed E-state index contributed by atoms with van der Waals surface area (Å²) in [6.07, 6.45) is 4.32. The Kier molecular flexibility index (Phi) is 4.63. The lowest BCUT2D eigenvalue weighted by molar-refractivity contribution is 0.0280. The summed E-state index contributed by atoms with van der Waals surface area (Å²) in [5, 5.41) is 10.5. The van der Waals surface area contributed by atoms with Gasteiger partial charge in [0.05, 0.1) is 17.7 Å². The molecular formula is C21H26N4OS. The highest BCUT2D eigenvalue weighted by Gasteiger charge is 2.41. The highest BCUT2D eigenvalue weighted by Crippen LogP contribution is 2.42. The maximum absolute atomic E-state index is 5.42. The van der Waals surface area contributed by atoms with Crippen molar-refractivity contribution in [2.45, 2.75) is 31.3 Å². The summed E-state index contributed by atoms with van der Waals surface area (Å²) in [4.78, 5) is 3.94. The summed E-state index contributed by atoms with van der Waals surface area (Å²) < 4.78 is 7.54. The number of nitrogens with zero attached hydrogens (tertiary/aromatic N) is 3. The Morgan fingerprint density at radius 2 is 2.30 bits per heavy atom. The second-order valence-corrected chi connectivity index (χ2v) is 8.75. The van der Waals surface area contributed by atoms with Crippen LogP contribution in [0, 0.1) is 5.92 Å². The number of aromatic nitrogens is 2. The van der Waals surface area contributed by atoms with Crippen molar-refractivity contribution in [3.8, 4) is 10.6 Å². The van der Waals surface area contributed by atoms with Gasteiger partial charge in [0.15, 0.2) is 0 Å². The first kappa shape index (κ1) is 17.2. The molecule has 4 atom stereocenters. The highest BCUT2D eigenvalue weighted by atomic mass is 32.1. The van der Waals surface area contributed by atoms with Gasteiger partial charge in [0.1, 0.15) is 11.5 Å². The van der Waals surface area contributed by atoms with Crippen molar-refractivity contribution in [1.29, 1.82) is 0 Å². The van der Waals surface area contributed by atoms with E-state index < -0.39 is 0 Å². The summed E-state index contributed by atoms with van der Waals surface area (Å²) in [5.74, 6) is 2.38. The quantitative estimate of drug-likeness (QED) is 0.706. The minimum atomic E-state index is 0.603. The van der Waals surface area contributed by atoms with E-state index in [9.17, 15) is 0 Å². The molecule has 5 nitrogen and oxygen atoms in total. The molecule has 0 amide bonds. The number of hydrogen-bond donors (Lipinski definition) is 1. The van der Waals surface area contributed by atoms with Crippen LogP contribution in [0.1, 0.15) is 30.2 Å². The lowest BCUT2D eigenvalue weighted by atomic mass is 9.74. The molecular weight excluding hydrogens is 356 g/mol. The fourth-order valence-electron chi connectivity index (χ4n) is 4.83. The van der Waals surface area contributed by atoms with Gasteiger partial charge in [-0.25, -0.2) is 0 Å². The summed E-state index contributed by atoms with van der Waals surface area (Å²) in [6.45, 7) is 4.23. The normalized spacial score (nSPS) is 27.3. The zero-order chi connectivity index (χ0) is 18.2.